The summed E-state index contributed by atoms with van der Waals surface area (Å²) >= 11 is 0. The molecule has 2 rings (SSSR count). The number of carbonyl (C=O) groups is 2. The lowest BCUT2D eigenvalue weighted by atomic mass is 9.87. The second-order valence-electron chi connectivity index (χ2n) is 6.08. The van der Waals surface area contributed by atoms with E-state index in [4.69, 9.17) is 0 Å². The monoisotopic (exact) mass is 266 g/mol. The Bertz CT molecular complexity index is 365. The normalized spacial score (nSPS) is 31.5. The van der Waals surface area contributed by atoms with Gasteiger partial charge in [0.1, 0.15) is 11.6 Å². The zero-order chi connectivity index (χ0) is 14.0. The first kappa shape index (κ1) is 14.4. The van der Waals surface area contributed by atoms with Crippen molar-refractivity contribution in [3.05, 3.63) is 0 Å². The number of hydrogen-bond acceptors (Lipinski definition) is 2. The van der Waals surface area contributed by atoms with E-state index in [1.807, 2.05) is 18.7 Å². The van der Waals surface area contributed by atoms with E-state index in [1.165, 1.54) is 0 Å². The van der Waals surface area contributed by atoms with Gasteiger partial charge in [-0.2, -0.15) is 0 Å². The van der Waals surface area contributed by atoms with Crippen molar-refractivity contribution < 1.29 is 9.59 Å². The Morgan fingerprint density at radius 2 is 1.95 bits per heavy atom. The van der Waals surface area contributed by atoms with Crippen LogP contribution in [0.4, 0.5) is 0 Å². The average molecular weight is 266 g/mol. The number of carbonyl (C=O) groups excluding carboxylic acids is 2. The fourth-order valence-corrected chi connectivity index (χ4v) is 3.10. The third-order valence-electron chi connectivity index (χ3n) is 4.57. The summed E-state index contributed by atoms with van der Waals surface area (Å²) in [5.74, 6) is 0.546. The Kier molecular flexibility index (Phi) is 4.16. The van der Waals surface area contributed by atoms with E-state index in [0.29, 0.717) is 5.92 Å². The second-order valence-corrected chi connectivity index (χ2v) is 6.08. The van der Waals surface area contributed by atoms with Crippen molar-refractivity contribution in [3.63, 3.8) is 0 Å². The lowest BCUT2D eigenvalue weighted by Gasteiger charge is -2.46. The van der Waals surface area contributed by atoms with E-state index in [0.717, 1.165) is 45.1 Å². The molecule has 1 N–H and O–H groups in total. The average Bonchev–Trinajstić information content (AvgIpc) is 3.20. The van der Waals surface area contributed by atoms with Gasteiger partial charge >= 0.3 is 0 Å². The number of nitrogens with one attached hydrogen (secondary N) is 1. The molecule has 1 saturated carbocycles. The summed E-state index contributed by atoms with van der Waals surface area (Å²) in [6, 6.07) is -0.304. The molecule has 0 aromatic carbocycles. The van der Waals surface area contributed by atoms with Crippen LogP contribution in [0.1, 0.15) is 59.3 Å². The summed E-state index contributed by atoms with van der Waals surface area (Å²) in [5, 5.41) is 2.96. The van der Waals surface area contributed by atoms with Crippen LogP contribution in [0.5, 0.6) is 0 Å². The molecule has 2 unspecified atom stereocenters. The molecule has 4 heteroatoms. The van der Waals surface area contributed by atoms with Crippen LogP contribution in [0, 0.1) is 5.92 Å². The number of nitrogens with zero attached hydrogens (tertiary/aromatic N) is 1. The lowest BCUT2D eigenvalue weighted by molar-refractivity contribution is -0.158. The van der Waals surface area contributed by atoms with Gasteiger partial charge in [0.2, 0.25) is 11.8 Å². The van der Waals surface area contributed by atoms with Crippen LogP contribution in [-0.4, -0.2) is 34.8 Å². The van der Waals surface area contributed by atoms with Crippen molar-refractivity contribution in [2.24, 2.45) is 5.92 Å². The molecule has 1 aliphatic carbocycles. The summed E-state index contributed by atoms with van der Waals surface area (Å²) in [6.45, 7) is 6.84. The van der Waals surface area contributed by atoms with E-state index in [2.05, 4.69) is 12.2 Å². The molecule has 1 saturated heterocycles. The zero-order valence-corrected chi connectivity index (χ0v) is 12.4. The maximum absolute atomic E-state index is 12.6. The van der Waals surface area contributed by atoms with E-state index < -0.39 is 5.54 Å². The van der Waals surface area contributed by atoms with Crippen LogP contribution >= 0.6 is 0 Å². The number of amides is 2. The molecule has 1 aliphatic heterocycles. The highest BCUT2D eigenvalue weighted by Gasteiger charge is 2.56. The van der Waals surface area contributed by atoms with E-state index in [-0.39, 0.29) is 17.9 Å². The lowest BCUT2D eigenvalue weighted by Crippen LogP contribution is -2.70. The molecule has 2 atom stereocenters. The Hall–Kier alpha value is -1.06. The zero-order valence-electron chi connectivity index (χ0n) is 12.4. The number of unbranched alkanes of at least 4 members (excludes halogenated alkanes) is 1. The minimum atomic E-state index is -0.601. The smallest absolute Gasteiger partial charge is 0.246 e. The summed E-state index contributed by atoms with van der Waals surface area (Å²) in [5.41, 5.74) is -0.601. The van der Waals surface area contributed by atoms with E-state index in [9.17, 15) is 9.59 Å². The van der Waals surface area contributed by atoms with Crippen molar-refractivity contribution in [1.82, 2.24) is 10.2 Å². The highest BCUT2D eigenvalue weighted by molar-refractivity contribution is 6.00. The fourth-order valence-electron chi connectivity index (χ4n) is 3.10. The standard InChI is InChI=1S/C15H26N2O2/c1-4-6-10-17-13(18)12(7-5-2)16-14(19)15(17,3)11-8-9-11/h11-12H,4-10H2,1-3H3,(H,16,19). The van der Waals surface area contributed by atoms with Gasteiger partial charge in [-0.25, -0.2) is 0 Å². The number of rotatable bonds is 6. The van der Waals surface area contributed by atoms with Gasteiger partial charge in [0.15, 0.2) is 0 Å². The van der Waals surface area contributed by atoms with Gasteiger partial charge in [0, 0.05) is 6.54 Å². The van der Waals surface area contributed by atoms with Crippen molar-refractivity contribution in [2.75, 3.05) is 6.54 Å². The molecule has 108 valence electrons. The highest BCUT2D eigenvalue weighted by atomic mass is 16.2. The molecular weight excluding hydrogens is 240 g/mol. The van der Waals surface area contributed by atoms with Gasteiger partial charge in [0.05, 0.1) is 0 Å². The van der Waals surface area contributed by atoms with Crippen LogP contribution in [0.2, 0.25) is 0 Å². The molecular formula is C15H26N2O2. The molecule has 2 amide bonds. The summed E-state index contributed by atoms with van der Waals surface area (Å²) in [4.78, 5) is 27.0. The van der Waals surface area contributed by atoms with Crippen molar-refractivity contribution in [1.29, 1.82) is 0 Å². The molecule has 0 spiro atoms. The van der Waals surface area contributed by atoms with E-state index in [1.54, 1.807) is 0 Å². The van der Waals surface area contributed by atoms with Crippen LogP contribution in [-0.2, 0) is 9.59 Å². The summed E-state index contributed by atoms with van der Waals surface area (Å²) in [6.07, 6.45) is 5.81. The predicted octanol–water partition coefficient (Wildman–Crippen LogP) is 2.08. The summed E-state index contributed by atoms with van der Waals surface area (Å²) in [7, 11) is 0. The molecule has 0 aromatic rings. The topological polar surface area (TPSA) is 49.4 Å². The maximum atomic E-state index is 12.6. The van der Waals surface area contributed by atoms with Crippen LogP contribution in [0.3, 0.4) is 0 Å². The molecule has 4 nitrogen and oxygen atoms in total. The van der Waals surface area contributed by atoms with Crippen LogP contribution < -0.4 is 5.32 Å². The van der Waals surface area contributed by atoms with E-state index >= 15 is 0 Å². The minimum absolute atomic E-state index is 0.0594. The maximum Gasteiger partial charge on any atom is 0.246 e. The largest absolute Gasteiger partial charge is 0.342 e. The Labute approximate surface area is 115 Å². The van der Waals surface area contributed by atoms with Gasteiger partial charge < -0.3 is 10.2 Å². The second kappa shape index (κ2) is 5.51. The van der Waals surface area contributed by atoms with Crippen LogP contribution in [0.15, 0.2) is 0 Å². The third-order valence-corrected chi connectivity index (χ3v) is 4.57. The number of piperazine rings is 1. The molecule has 1 heterocycles. The fraction of sp³-hybridized carbons (Fsp3) is 0.867. The molecule has 19 heavy (non-hydrogen) atoms. The Morgan fingerprint density at radius 1 is 1.26 bits per heavy atom. The van der Waals surface area contributed by atoms with Gasteiger partial charge in [-0.1, -0.05) is 26.7 Å². The van der Waals surface area contributed by atoms with Crippen LogP contribution in [0.25, 0.3) is 0 Å². The highest BCUT2D eigenvalue weighted by Crippen LogP contribution is 2.45. The van der Waals surface area contributed by atoms with Gasteiger partial charge in [-0.3, -0.25) is 9.59 Å². The first-order chi connectivity index (χ1) is 9.05. The van der Waals surface area contributed by atoms with Gasteiger partial charge in [0.25, 0.3) is 0 Å². The molecule has 0 radical (unpaired) electrons. The molecule has 2 aliphatic rings. The van der Waals surface area contributed by atoms with Crippen molar-refractivity contribution in [2.45, 2.75) is 70.9 Å². The molecule has 2 fully saturated rings. The first-order valence-electron chi connectivity index (χ1n) is 7.68. The van der Waals surface area contributed by atoms with Crippen molar-refractivity contribution >= 4 is 11.8 Å². The predicted molar refractivity (Wildman–Crippen MR) is 74.6 cm³/mol. The van der Waals surface area contributed by atoms with Gasteiger partial charge in [-0.05, 0) is 38.5 Å². The Balaban J connectivity index is 2.22. The Morgan fingerprint density at radius 3 is 2.47 bits per heavy atom. The SMILES string of the molecule is CCCCN1C(=O)C(CCC)NC(=O)C1(C)C1CC1. The van der Waals surface area contributed by atoms with Gasteiger partial charge in [-0.15, -0.1) is 0 Å². The third kappa shape index (κ3) is 2.49. The summed E-state index contributed by atoms with van der Waals surface area (Å²) < 4.78 is 0. The molecule has 0 bridgehead atoms. The quantitative estimate of drug-likeness (QED) is 0.800. The first-order valence-corrected chi connectivity index (χ1v) is 7.68. The minimum Gasteiger partial charge on any atom is -0.342 e. The molecule has 0 aromatic heterocycles. The van der Waals surface area contributed by atoms with Crippen molar-refractivity contribution in [3.8, 4) is 0 Å². The number of hydrogen-bond donors (Lipinski definition) is 1.